The molecule has 98 valence electrons. The van der Waals surface area contributed by atoms with Crippen molar-refractivity contribution in [3.8, 4) is 0 Å². The van der Waals surface area contributed by atoms with E-state index in [9.17, 15) is 0 Å². The molecule has 0 saturated heterocycles. The Labute approximate surface area is 120 Å². The lowest BCUT2D eigenvalue weighted by atomic mass is 9.82. The zero-order chi connectivity index (χ0) is 12.3. The fourth-order valence-electron chi connectivity index (χ4n) is 3.74. The van der Waals surface area contributed by atoms with Crippen LogP contribution in [0.2, 0.25) is 0 Å². The molecule has 2 heterocycles. The lowest BCUT2D eigenvalue weighted by Crippen LogP contribution is -2.41. The molecule has 0 fully saturated rings. The number of aryl methyl sites for hydroxylation is 1. The fraction of sp³-hybridized carbons (Fsp3) is 0.294. The second kappa shape index (κ2) is 4.09. The number of hydrogen-bond acceptors (Lipinski definition) is 1. The first kappa shape index (κ1) is 12.7. The summed E-state index contributed by atoms with van der Waals surface area (Å²) in [5.74, 6) is 0. The van der Waals surface area contributed by atoms with Crippen molar-refractivity contribution in [2.75, 3.05) is 0 Å². The monoisotopic (exact) mass is 271 g/mol. The number of nitrogens with one attached hydrogen (secondary N) is 1. The molecule has 1 nitrogen and oxygen atoms in total. The molecule has 4 rings (SSSR count). The standard InChI is InChI=1S/C17H17N.ClH/c1-11-7-8-14-12(9-11)10-16-13-5-3-4-6-15(13)17(14,2)18-16;/h3-9,16,18H,10H2,1-2H3;1H. The summed E-state index contributed by atoms with van der Waals surface area (Å²) in [5, 5.41) is 3.81. The van der Waals surface area contributed by atoms with Gasteiger partial charge in [-0.3, -0.25) is 5.32 Å². The molecule has 0 amide bonds. The molecule has 1 N–H and O–H groups in total. The molecule has 0 saturated carbocycles. The first-order valence-corrected chi connectivity index (χ1v) is 6.65. The number of benzene rings is 2. The normalized spacial score (nSPS) is 26.3. The Kier molecular flexibility index (Phi) is 2.74. The van der Waals surface area contributed by atoms with Crippen molar-refractivity contribution in [2.24, 2.45) is 0 Å². The van der Waals surface area contributed by atoms with E-state index in [4.69, 9.17) is 0 Å². The Hall–Kier alpha value is -1.31. The second-order valence-electron chi connectivity index (χ2n) is 5.77. The highest BCUT2D eigenvalue weighted by Gasteiger charge is 2.45. The van der Waals surface area contributed by atoms with Gasteiger partial charge < -0.3 is 0 Å². The van der Waals surface area contributed by atoms with Gasteiger partial charge in [-0.15, -0.1) is 12.4 Å². The molecule has 2 aromatic carbocycles. The quantitative estimate of drug-likeness (QED) is 0.767. The van der Waals surface area contributed by atoms with Crippen LogP contribution in [0.4, 0.5) is 0 Å². The molecule has 2 atom stereocenters. The first-order valence-electron chi connectivity index (χ1n) is 6.65. The van der Waals surface area contributed by atoms with E-state index in [1.807, 2.05) is 0 Å². The van der Waals surface area contributed by atoms with Gasteiger partial charge in [0.2, 0.25) is 0 Å². The minimum Gasteiger partial charge on any atom is -0.297 e. The third-order valence-electron chi connectivity index (χ3n) is 4.56. The molecular weight excluding hydrogens is 254 g/mol. The molecule has 0 spiro atoms. The molecule has 2 aliphatic heterocycles. The lowest BCUT2D eigenvalue weighted by Gasteiger charge is -2.34. The number of halogens is 1. The summed E-state index contributed by atoms with van der Waals surface area (Å²) in [7, 11) is 0. The van der Waals surface area contributed by atoms with Crippen molar-refractivity contribution in [1.29, 1.82) is 0 Å². The van der Waals surface area contributed by atoms with Crippen molar-refractivity contribution >= 4 is 12.4 Å². The Bertz CT molecular complexity index is 649. The van der Waals surface area contributed by atoms with Crippen LogP contribution in [0, 0.1) is 6.92 Å². The highest BCUT2D eigenvalue weighted by Crippen LogP contribution is 2.48. The summed E-state index contributed by atoms with van der Waals surface area (Å²) in [6.07, 6.45) is 1.11. The van der Waals surface area contributed by atoms with Gasteiger partial charge in [0.15, 0.2) is 0 Å². The predicted octanol–water partition coefficient (Wildman–Crippen LogP) is 3.88. The zero-order valence-corrected chi connectivity index (χ0v) is 12.1. The summed E-state index contributed by atoms with van der Waals surface area (Å²) >= 11 is 0. The minimum absolute atomic E-state index is 0. The van der Waals surface area contributed by atoms with Crippen LogP contribution in [-0.2, 0) is 12.0 Å². The zero-order valence-electron chi connectivity index (χ0n) is 11.2. The van der Waals surface area contributed by atoms with Crippen molar-refractivity contribution in [3.05, 3.63) is 70.3 Å². The van der Waals surface area contributed by atoms with Crippen LogP contribution in [0.25, 0.3) is 0 Å². The van der Waals surface area contributed by atoms with Crippen LogP contribution in [0.1, 0.15) is 40.8 Å². The molecule has 2 heteroatoms. The summed E-state index contributed by atoms with van der Waals surface area (Å²) in [5.41, 5.74) is 7.27. The SMILES string of the molecule is Cc1ccc2c(c1)CC1NC2(C)c2ccccc21.Cl. The van der Waals surface area contributed by atoms with E-state index < -0.39 is 0 Å². The fourth-order valence-corrected chi connectivity index (χ4v) is 3.74. The molecular formula is C17H18ClN. The number of hydrogen-bond donors (Lipinski definition) is 1. The van der Waals surface area contributed by atoms with E-state index in [1.54, 1.807) is 0 Å². The Balaban J connectivity index is 0.00000110. The Morgan fingerprint density at radius 1 is 1.11 bits per heavy atom. The molecule has 2 unspecified atom stereocenters. The van der Waals surface area contributed by atoms with Crippen molar-refractivity contribution in [1.82, 2.24) is 5.32 Å². The van der Waals surface area contributed by atoms with Crippen LogP contribution in [0.3, 0.4) is 0 Å². The Morgan fingerprint density at radius 2 is 1.89 bits per heavy atom. The van der Waals surface area contributed by atoms with E-state index in [-0.39, 0.29) is 17.9 Å². The largest absolute Gasteiger partial charge is 0.297 e. The van der Waals surface area contributed by atoms with Gasteiger partial charge in [0.1, 0.15) is 0 Å². The van der Waals surface area contributed by atoms with Gasteiger partial charge in [-0.25, -0.2) is 0 Å². The average molecular weight is 272 g/mol. The van der Waals surface area contributed by atoms with Crippen molar-refractivity contribution in [3.63, 3.8) is 0 Å². The molecule has 19 heavy (non-hydrogen) atoms. The van der Waals surface area contributed by atoms with E-state index >= 15 is 0 Å². The van der Waals surface area contributed by atoms with Gasteiger partial charge in [-0.2, -0.15) is 0 Å². The van der Waals surface area contributed by atoms with Crippen LogP contribution < -0.4 is 5.32 Å². The molecule has 2 aromatic rings. The molecule has 2 aliphatic rings. The van der Waals surface area contributed by atoms with Crippen LogP contribution in [0.15, 0.2) is 42.5 Å². The van der Waals surface area contributed by atoms with Crippen molar-refractivity contribution < 1.29 is 0 Å². The van der Waals surface area contributed by atoms with Gasteiger partial charge in [0.25, 0.3) is 0 Å². The summed E-state index contributed by atoms with van der Waals surface area (Å²) in [6, 6.07) is 16.2. The Morgan fingerprint density at radius 3 is 2.74 bits per heavy atom. The van der Waals surface area contributed by atoms with Crippen molar-refractivity contribution in [2.45, 2.75) is 31.8 Å². The lowest BCUT2D eigenvalue weighted by molar-refractivity contribution is 0.388. The topological polar surface area (TPSA) is 12.0 Å². The average Bonchev–Trinajstić information content (AvgIpc) is 2.60. The highest BCUT2D eigenvalue weighted by molar-refractivity contribution is 5.85. The van der Waals surface area contributed by atoms with E-state index in [2.05, 4.69) is 61.6 Å². The molecule has 2 bridgehead atoms. The molecule has 0 radical (unpaired) electrons. The van der Waals surface area contributed by atoms with Gasteiger partial charge in [-0.05, 0) is 42.5 Å². The van der Waals surface area contributed by atoms with Gasteiger partial charge in [-0.1, -0.05) is 48.0 Å². The highest BCUT2D eigenvalue weighted by atomic mass is 35.5. The third kappa shape index (κ3) is 1.58. The maximum Gasteiger partial charge on any atom is 0.0672 e. The smallest absolute Gasteiger partial charge is 0.0672 e. The number of fused-ring (bicyclic) bond motifs is 7. The van der Waals surface area contributed by atoms with Crippen LogP contribution in [-0.4, -0.2) is 0 Å². The second-order valence-corrected chi connectivity index (χ2v) is 5.77. The summed E-state index contributed by atoms with van der Waals surface area (Å²) in [6.45, 7) is 4.50. The third-order valence-corrected chi connectivity index (χ3v) is 4.56. The molecule has 0 aliphatic carbocycles. The van der Waals surface area contributed by atoms with E-state index in [1.165, 1.54) is 27.8 Å². The number of rotatable bonds is 0. The van der Waals surface area contributed by atoms with Gasteiger partial charge >= 0.3 is 0 Å². The van der Waals surface area contributed by atoms with Gasteiger partial charge in [0, 0.05) is 6.04 Å². The minimum atomic E-state index is 0. The maximum absolute atomic E-state index is 3.81. The molecule has 0 aromatic heterocycles. The summed E-state index contributed by atoms with van der Waals surface area (Å²) < 4.78 is 0. The van der Waals surface area contributed by atoms with E-state index in [0.717, 1.165) is 6.42 Å². The van der Waals surface area contributed by atoms with Crippen LogP contribution in [0.5, 0.6) is 0 Å². The maximum atomic E-state index is 3.81. The van der Waals surface area contributed by atoms with Crippen LogP contribution >= 0.6 is 12.4 Å². The van der Waals surface area contributed by atoms with Gasteiger partial charge in [0.05, 0.1) is 5.54 Å². The first-order chi connectivity index (χ1) is 8.68. The van der Waals surface area contributed by atoms with E-state index in [0.29, 0.717) is 6.04 Å². The summed E-state index contributed by atoms with van der Waals surface area (Å²) in [4.78, 5) is 0. The predicted molar refractivity (Wildman–Crippen MR) is 80.9 cm³/mol.